The molecule has 0 aliphatic heterocycles. The molecule has 0 aliphatic carbocycles. The highest BCUT2D eigenvalue weighted by Crippen LogP contribution is 2.45. The number of aliphatic hydroxyl groups is 2. The van der Waals surface area contributed by atoms with Gasteiger partial charge in [-0.15, -0.1) is 0 Å². The molecule has 0 saturated heterocycles. The molecule has 0 saturated carbocycles. The van der Waals surface area contributed by atoms with Gasteiger partial charge in [-0.25, -0.2) is 9.13 Å². The molecule has 5 atom stereocenters. The third-order valence-electron chi connectivity index (χ3n) is 14.7. The summed E-state index contributed by atoms with van der Waals surface area (Å²) in [6.07, 6.45) is 87.1. The van der Waals surface area contributed by atoms with Gasteiger partial charge in [0.05, 0.1) is 26.4 Å². The van der Waals surface area contributed by atoms with Gasteiger partial charge in [0.1, 0.15) is 25.4 Å². The van der Waals surface area contributed by atoms with Crippen molar-refractivity contribution in [2.75, 3.05) is 39.6 Å². The number of ether oxygens (including phenoxy) is 3. The van der Waals surface area contributed by atoms with E-state index in [9.17, 15) is 43.5 Å². The number of esters is 3. The Kier molecular flexibility index (Phi) is 67.5. The van der Waals surface area contributed by atoms with E-state index in [4.69, 9.17) is 32.3 Å². The van der Waals surface area contributed by atoms with Crippen LogP contribution in [0, 0.1) is 0 Å². The summed E-state index contributed by atoms with van der Waals surface area (Å²) in [6.45, 7) is 2.26. The van der Waals surface area contributed by atoms with Crippen LogP contribution in [0.3, 0.4) is 0 Å². The minimum atomic E-state index is -4.95. The second-order valence-corrected chi connectivity index (χ2v) is 26.9. The average Bonchev–Trinajstić information content (AvgIpc) is 2.50. The Morgan fingerprint density at radius 3 is 0.825 bits per heavy atom. The summed E-state index contributed by atoms with van der Waals surface area (Å²) in [5.74, 6) is -1.64. The van der Waals surface area contributed by atoms with Gasteiger partial charge in [-0.1, -0.05) is 262 Å². The lowest BCUT2D eigenvalue weighted by atomic mass is 10.1. The number of carbonyl (C=O) groups excluding carboxylic acids is 3. The van der Waals surface area contributed by atoms with Crippen molar-refractivity contribution in [1.29, 1.82) is 0 Å². The second kappa shape index (κ2) is 71.0. The molecule has 0 bridgehead atoms. The predicted octanol–water partition coefficient (Wildman–Crippen LogP) is 21.1. The summed E-state index contributed by atoms with van der Waals surface area (Å²) in [4.78, 5) is 58.6. The molecule has 0 aromatic carbocycles. The first-order valence-corrected chi connectivity index (χ1v) is 39.8. The van der Waals surface area contributed by atoms with Crippen molar-refractivity contribution in [2.24, 2.45) is 0 Å². The predicted molar refractivity (Wildman–Crippen MR) is 399 cm³/mol. The van der Waals surface area contributed by atoms with E-state index in [1.165, 1.54) is 25.7 Å². The fourth-order valence-electron chi connectivity index (χ4n) is 9.23. The van der Waals surface area contributed by atoms with Crippen molar-refractivity contribution in [2.45, 2.75) is 283 Å². The Morgan fingerprint density at radius 1 is 0.289 bits per heavy atom. The Bertz CT molecular complexity index is 2400. The maximum absolute atomic E-state index is 13.0. The molecule has 16 nitrogen and oxygen atoms in total. The number of aliphatic hydroxyl groups excluding tert-OH is 2. The van der Waals surface area contributed by atoms with Gasteiger partial charge in [-0.3, -0.25) is 32.5 Å². The molecular weight excluding hydrogens is 1270 g/mol. The first kappa shape index (κ1) is 92.2. The summed E-state index contributed by atoms with van der Waals surface area (Å²) < 4.78 is 61.0. The molecule has 0 fully saturated rings. The lowest BCUT2D eigenvalue weighted by Crippen LogP contribution is -2.30. The highest BCUT2D eigenvalue weighted by atomic mass is 31.2. The third kappa shape index (κ3) is 72.2. The van der Waals surface area contributed by atoms with Crippen molar-refractivity contribution >= 4 is 33.6 Å². The highest BCUT2D eigenvalue weighted by Gasteiger charge is 2.29. The molecule has 0 heterocycles. The van der Waals surface area contributed by atoms with E-state index in [1.807, 2.05) is 0 Å². The first-order valence-electron chi connectivity index (χ1n) is 36.8. The zero-order valence-corrected chi connectivity index (χ0v) is 61.7. The summed E-state index contributed by atoms with van der Waals surface area (Å²) >= 11 is 0. The van der Waals surface area contributed by atoms with E-state index >= 15 is 0 Å². The third-order valence-corrected chi connectivity index (χ3v) is 16.6. The molecule has 0 rings (SSSR count). The minimum Gasteiger partial charge on any atom is -0.463 e. The quantitative estimate of drug-likeness (QED) is 0.0146. The maximum atomic E-state index is 13.0. The number of unbranched alkanes of at least 4 members (excludes halogenated alkanes) is 19. The molecule has 18 heteroatoms. The van der Waals surface area contributed by atoms with Crippen molar-refractivity contribution in [3.05, 3.63) is 158 Å². The fourth-order valence-corrected chi connectivity index (χ4v) is 10.8. The SMILES string of the molecule is CC/C=C\C/C=C\C/C=C\C/C=C\C/C=C\CCCCCCCCCCCC(=O)OCC(O)COP(=O)(O)OCC(O)COP(=O)(O)OCC(COC(=O)CCCCC/C=C\C/C=C\C/C=C\C/C=C\C/C=C\CC)OC(=O)CCCCCCCCC/C=C\C/C=C\C/C=C\CC. The Hall–Kier alpha value is -4.83. The molecule has 0 radical (unpaired) electrons. The number of rotatable bonds is 68. The number of allylic oxidation sites excluding steroid dienone is 26. The highest BCUT2D eigenvalue weighted by molar-refractivity contribution is 7.47. The van der Waals surface area contributed by atoms with Gasteiger partial charge in [0.15, 0.2) is 6.10 Å². The molecular formula is C79H130O16P2. The lowest BCUT2D eigenvalue weighted by molar-refractivity contribution is -0.161. The Balaban J connectivity index is 4.67. The van der Waals surface area contributed by atoms with Gasteiger partial charge in [0.2, 0.25) is 0 Å². The van der Waals surface area contributed by atoms with E-state index in [1.54, 1.807) is 0 Å². The summed E-state index contributed by atoms with van der Waals surface area (Å²) in [7, 11) is -9.81. The van der Waals surface area contributed by atoms with Crippen LogP contribution in [-0.4, -0.2) is 95.9 Å². The normalized spacial score (nSPS) is 15.0. The van der Waals surface area contributed by atoms with Crippen LogP contribution < -0.4 is 0 Å². The molecule has 0 aromatic rings. The van der Waals surface area contributed by atoms with Crippen LogP contribution in [0.2, 0.25) is 0 Å². The molecule has 5 unspecified atom stereocenters. The Morgan fingerprint density at radius 2 is 0.515 bits per heavy atom. The number of carbonyl (C=O) groups is 3. The monoisotopic (exact) mass is 1400 g/mol. The van der Waals surface area contributed by atoms with E-state index in [-0.39, 0.29) is 19.3 Å². The van der Waals surface area contributed by atoms with Crippen molar-refractivity contribution in [3.8, 4) is 0 Å². The number of hydrogen-bond acceptors (Lipinski definition) is 14. The van der Waals surface area contributed by atoms with Crippen LogP contribution in [0.25, 0.3) is 0 Å². The van der Waals surface area contributed by atoms with Gasteiger partial charge in [-0.05, 0) is 141 Å². The van der Waals surface area contributed by atoms with Gasteiger partial charge < -0.3 is 34.2 Å². The van der Waals surface area contributed by atoms with E-state index in [2.05, 4.69) is 179 Å². The van der Waals surface area contributed by atoms with Gasteiger partial charge >= 0.3 is 33.6 Å². The number of phosphoric ester groups is 2. The van der Waals surface area contributed by atoms with E-state index in [0.717, 1.165) is 180 Å². The van der Waals surface area contributed by atoms with E-state index < -0.39 is 91.5 Å². The van der Waals surface area contributed by atoms with Gasteiger partial charge in [0, 0.05) is 19.3 Å². The van der Waals surface area contributed by atoms with Crippen LogP contribution in [-0.2, 0) is 55.8 Å². The molecule has 97 heavy (non-hydrogen) atoms. The first-order chi connectivity index (χ1) is 47.2. The van der Waals surface area contributed by atoms with Gasteiger partial charge in [-0.2, -0.15) is 0 Å². The van der Waals surface area contributed by atoms with Crippen molar-refractivity contribution in [1.82, 2.24) is 0 Å². The van der Waals surface area contributed by atoms with Crippen molar-refractivity contribution < 1.29 is 75.8 Å². The summed E-state index contributed by atoms with van der Waals surface area (Å²) in [6, 6.07) is 0. The van der Waals surface area contributed by atoms with Crippen LogP contribution in [0.1, 0.15) is 265 Å². The van der Waals surface area contributed by atoms with Gasteiger partial charge in [0.25, 0.3) is 0 Å². The van der Waals surface area contributed by atoms with Crippen LogP contribution in [0.4, 0.5) is 0 Å². The number of phosphoric acid groups is 2. The second-order valence-electron chi connectivity index (χ2n) is 23.9. The summed E-state index contributed by atoms with van der Waals surface area (Å²) in [5, 5.41) is 20.6. The van der Waals surface area contributed by atoms with E-state index in [0.29, 0.717) is 19.3 Å². The Labute approximate surface area is 587 Å². The number of hydrogen-bond donors (Lipinski definition) is 4. The van der Waals surface area contributed by atoms with Crippen LogP contribution in [0.5, 0.6) is 0 Å². The van der Waals surface area contributed by atoms with Crippen molar-refractivity contribution in [3.63, 3.8) is 0 Å². The molecule has 0 aromatic heterocycles. The zero-order chi connectivity index (χ0) is 70.9. The standard InChI is InChI=1S/C79H130O16P2/c1-4-7-10-13-16-19-22-25-28-31-33-34-35-36-37-38-40-43-44-47-50-53-56-59-62-65-77(82)89-68-74(80)69-91-96(85,86)92-70-75(81)71-93-97(87,88)94-73-76(95-79(84)67-64-61-58-55-52-49-46-41-30-27-24-21-18-15-12-9-6-3)72-90-78(83)66-63-60-57-54-51-48-45-42-39-32-29-26-23-20-17-14-11-8-5-2/h7-12,16-21,25-30,33-34,36-37,39,42,48,51,74-76,80-81H,4-6,13-15,22-24,31-32,35,38,40-41,43-47,49-50,52-73H2,1-3H3,(H,85,86)(H,87,88)/b10-7-,11-8-,12-9-,19-16-,20-17-,21-18-,28-25-,29-26-,30-27-,34-33-,37-36-,42-39-,51-48-. The smallest absolute Gasteiger partial charge is 0.463 e. The maximum Gasteiger partial charge on any atom is 0.472 e. The topological polar surface area (TPSA) is 231 Å². The van der Waals surface area contributed by atoms with Crippen LogP contribution in [0.15, 0.2) is 158 Å². The largest absolute Gasteiger partial charge is 0.472 e. The minimum absolute atomic E-state index is 0.0802. The molecule has 0 amide bonds. The lowest BCUT2D eigenvalue weighted by Gasteiger charge is -2.21. The van der Waals surface area contributed by atoms with Crippen LogP contribution >= 0.6 is 15.6 Å². The fraction of sp³-hybridized carbons (Fsp3) is 0.633. The zero-order valence-electron chi connectivity index (χ0n) is 59.9. The molecule has 0 aliphatic rings. The molecule has 552 valence electrons. The summed E-state index contributed by atoms with van der Waals surface area (Å²) in [5.41, 5.74) is 0. The molecule has 0 spiro atoms. The molecule has 4 N–H and O–H groups in total. The average molecular weight is 1400 g/mol.